The SMILES string of the molecule is Cc1c(C(N)=O)sc2ncn(CC(=O)Nc3ccc(Cl)cc3Cl)c(=O)c12. The maximum atomic E-state index is 12.6. The van der Waals surface area contributed by atoms with Crippen molar-refractivity contribution in [1.29, 1.82) is 0 Å². The fourth-order valence-electron chi connectivity index (χ4n) is 2.44. The summed E-state index contributed by atoms with van der Waals surface area (Å²) in [7, 11) is 0. The van der Waals surface area contributed by atoms with Gasteiger partial charge in [-0.15, -0.1) is 11.3 Å². The van der Waals surface area contributed by atoms with Crippen LogP contribution in [0.25, 0.3) is 10.2 Å². The van der Waals surface area contributed by atoms with Gasteiger partial charge in [-0.2, -0.15) is 0 Å². The van der Waals surface area contributed by atoms with Crippen molar-refractivity contribution in [2.75, 3.05) is 5.32 Å². The van der Waals surface area contributed by atoms with Crippen LogP contribution in [0.15, 0.2) is 29.3 Å². The number of amides is 2. The molecule has 26 heavy (non-hydrogen) atoms. The van der Waals surface area contributed by atoms with E-state index in [2.05, 4.69) is 10.3 Å². The average Bonchev–Trinajstić information content (AvgIpc) is 2.91. The van der Waals surface area contributed by atoms with Crippen molar-refractivity contribution >= 4 is 62.3 Å². The van der Waals surface area contributed by atoms with Crippen LogP contribution in [0.2, 0.25) is 10.0 Å². The molecule has 134 valence electrons. The van der Waals surface area contributed by atoms with Crippen molar-refractivity contribution in [1.82, 2.24) is 9.55 Å². The van der Waals surface area contributed by atoms with Gasteiger partial charge in [-0.25, -0.2) is 4.98 Å². The van der Waals surface area contributed by atoms with E-state index >= 15 is 0 Å². The van der Waals surface area contributed by atoms with Crippen LogP contribution in [0.5, 0.6) is 0 Å². The Balaban J connectivity index is 1.90. The number of primary amides is 1. The summed E-state index contributed by atoms with van der Waals surface area (Å²) in [6.07, 6.45) is 1.26. The van der Waals surface area contributed by atoms with Gasteiger partial charge in [0.1, 0.15) is 11.4 Å². The number of halogens is 2. The maximum absolute atomic E-state index is 12.6. The van der Waals surface area contributed by atoms with Crippen LogP contribution in [-0.4, -0.2) is 21.4 Å². The van der Waals surface area contributed by atoms with E-state index in [4.69, 9.17) is 28.9 Å². The fourth-order valence-corrected chi connectivity index (χ4v) is 3.89. The predicted octanol–water partition coefficient (Wildman–Crippen LogP) is 2.81. The Morgan fingerprint density at radius 3 is 2.73 bits per heavy atom. The van der Waals surface area contributed by atoms with Gasteiger partial charge in [-0.1, -0.05) is 23.2 Å². The summed E-state index contributed by atoms with van der Waals surface area (Å²) in [6.45, 7) is 1.36. The minimum Gasteiger partial charge on any atom is -0.365 e. The quantitative estimate of drug-likeness (QED) is 0.688. The molecule has 0 aliphatic heterocycles. The lowest BCUT2D eigenvalue weighted by Gasteiger charge is -2.09. The van der Waals surface area contributed by atoms with Gasteiger partial charge in [0.05, 0.1) is 27.3 Å². The number of nitrogens with zero attached hydrogens (tertiary/aromatic N) is 2. The molecule has 0 aliphatic carbocycles. The molecular weight excluding hydrogens is 399 g/mol. The molecule has 0 spiro atoms. The third-order valence-corrected chi connectivity index (χ3v) is 5.42. The number of nitrogens with two attached hydrogens (primary N) is 1. The molecule has 7 nitrogen and oxygen atoms in total. The van der Waals surface area contributed by atoms with E-state index in [1.807, 2.05) is 0 Å². The number of hydrogen-bond donors (Lipinski definition) is 2. The molecule has 0 unspecified atom stereocenters. The van der Waals surface area contributed by atoms with E-state index in [0.717, 1.165) is 15.9 Å². The van der Waals surface area contributed by atoms with E-state index in [0.29, 0.717) is 21.1 Å². The van der Waals surface area contributed by atoms with Gasteiger partial charge in [0.25, 0.3) is 11.5 Å². The van der Waals surface area contributed by atoms with Crippen LogP contribution in [0.3, 0.4) is 0 Å². The van der Waals surface area contributed by atoms with Gasteiger partial charge in [0, 0.05) is 5.02 Å². The van der Waals surface area contributed by atoms with E-state index in [1.54, 1.807) is 19.1 Å². The molecule has 3 N–H and O–H groups in total. The zero-order valence-electron chi connectivity index (χ0n) is 13.4. The van der Waals surface area contributed by atoms with Crippen LogP contribution >= 0.6 is 34.5 Å². The Bertz CT molecular complexity index is 1110. The number of thiophene rings is 1. The second kappa shape index (κ2) is 7.06. The highest BCUT2D eigenvalue weighted by Crippen LogP contribution is 2.27. The second-order valence-electron chi connectivity index (χ2n) is 5.45. The van der Waals surface area contributed by atoms with Crippen molar-refractivity contribution in [3.8, 4) is 0 Å². The molecule has 10 heteroatoms. The zero-order chi connectivity index (χ0) is 19.0. The summed E-state index contributed by atoms with van der Waals surface area (Å²) in [4.78, 5) is 41.1. The lowest BCUT2D eigenvalue weighted by atomic mass is 10.2. The number of benzene rings is 1. The van der Waals surface area contributed by atoms with Crippen molar-refractivity contribution in [3.63, 3.8) is 0 Å². The molecule has 0 radical (unpaired) electrons. The van der Waals surface area contributed by atoms with E-state index in [1.165, 1.54) is 12.4 Å². The predicted molar refractivity (Wildman–Crippen MR) is 102 cm³/mol. The number of carbonyl (C=O) groups is 2. The standard InChI is InChI=1S/C16H12Cl2N4O3S/c1-7-12-15(26-13(7)14(19)24)20-6-22(16(12)25)5-11(23)21-10-3-2-8(17)4-9(10)18/h2-4,6H,5H2,1H3,(H2,19,24)(H,21,23). The number of fused-ring (bicyclic) bond motifs is 1. The van der Waals surface area contributed by atoms with Gasteiger partial charge in [0.15, 0.2) is 0 Å². The maximum Gasteiger partial charge on any atom is 0.262 e. The highest BCUT2D eigenvalue weighted by Gasteiger charge is 2.18. The van der Waals surface area contributed by atoms with E-state index in [-0.39, 0.29) is 21.8 Å². The van der Waals surface area contributed by atoms with Crippen molar-refractivity contribution in [2.45, 2.75) is 13.5 Å². The molecule has 0 saturated heterocycles. The van der Waals surface area contributed by atoms with Crippen LogP contribution in [0.1, 0.15) is 15.2 Å². The molecule has 3 rings (SSSR count). The molecule has 2 aromatic heterocycles. The highest BCUT2D eigenvalue weighted by atomic mass is 35.5. The summed E-state index contributed by atoms with van der Waals surface area (Å²) in [5.41, 5.74) is 5.73. The molecular formula is C16H12Cl2N4O3S. The second-order valence-corrected chi connectivity index (χ2v) is 7.29. The third kappa shape index (κ3) is 3.44. The van der Waals surface area contributed by atoms with E-state index in [9.17, 15) is 14.4 Å². The number of aromatic nitrogens is 2. The van der Waals surface area contributed by atoms with Gasteiger partial charge >= 0.3 is 0 Å². The first-order chi connectivity index (χ1) is 12.3. The number of carbonyl (C=O) groups excluding carboxylic acids is 2. The first kappa shape index (κ1) is 18.4. The molecule has 0 saturated carbocycles. The van der Waals surface area contributed by atoms with Gasteiger partial charge in [-0.05, 0) is 30.7 Å². The molecule has 1 aromatic carbocycles. The Morgan fingerprint density at radius 2 is 2.08 bits per heavy atom. The Hall–Kier alpha value is -2.42. The highest BCUT2D eigenvalue weighted by molar-refractivity contribution is 7.20. The molecule has 2 heterocycles. The largest absolute Gasteiger partial charge is 0.365 e. The minimum atomic E-state index is -0.619. The third-order valence-electron chi connectivity index (χ3n) is 3.66. The molecule has 3 aromatic rings. The monoisotopic (exact) mass is 410 g/mol. The lowest BCUT2D eigenvalue weighted by molar-refractivity contribution is -0.116. The first-order valence-electron chi connectivity index (χ1n) is 7.31. The van der Waals surface area contributed by atoms with Crippen LogP contribution in [0.4, 0.5) is 5.69 Å². The van der Waals surface area contributed by atoms with Crippen LogP contribution < -0.4 is 16.6 Å². The number of hydrogen-bond acceptors (Lipinski definition) is 5. The Kier molecular flexibility index (Phi) is 4.99. The normalized spacial score (nSPS) is 10.9. The topological polar surface area (TPSA) is 107 Å². The zero-order valence-corrected chi connectivity index (χ0v) is 15.7. The number of anilines is 1. The Morgan fingerprint density at radius 1 is 1.35 bits per heavy atom. The molecule has 2 amide bonds. The Labute approximate surface area is 161 Å². The number of rotatable bonds is 4. The summed E-state index contributed by atoms with van der Waals surface area (Å²) < 4.78 is 1.16. The number of nitrogens with one attached hydrogen (secondary N) is 1. The van der Waals surface area contributed by atoms with Gasteiger partial charge < -0.3 is 11.1 Å². The summed E-state index contributed by atoms with van der Waals surface area (Å²) in [5.74, 6) is -1.08. The first-order valence-corrected chi connectivity index (χ1v) is 8.88. The summed E-state index contributed by atoms with van der Waals surface area (Å²) >= 11 is 12.9. The van der Waals surface area contributed by atoms with Gasteiger partial charge in [0.2, 0.25) is 5.91 Å². The molecule has 0 bridgehead atoms. The average molecular weight is 411 g/mol. The van der Waals surface area contributed by atoms with Crippen LogP contribution in [0, 0.1) is 6.92 Å². The number of aryl methyl sites for hydroxylation is 1. The summed E-state index contributed by atoms with van der Waals surface area (Å²) in [5, 5.41) is 3.62. The van der Waals surface area contributed by atoms with E-state index < -0.39 is 17.4 Å². The lowest BCUT2D eigenvalue weighted by Crippen LogP contribution is -2.28. The molecule has 0 fully saturated rings. The summed E-state index contributed by atoms with van der Waals surface area (Å²) in [6, 6.07) is 4.65. The minimum absolute atomic E-state index is 0.262. The van der Waals surface area contributed by atoms with Crippen molar-refractivity contribution in [2.24, 2.45) is 5.73 Å². The van der Waals surface area contributed by atoms with Crippen molar-refractivity contribution < 1.29 is 9.59 Å². The smallest absolute Gasteiger partial charge is 0.262 e. The van der Waals surface area contributed by atoms with Crippen LogP contribution in [-0.2, 0) is 11.3 Å². The molecule has 0 atom stereocenters. The molecule has 0 aliphatic rings. The fraction of sp³-hybridized carbons (Fsp3) is 0.125. The van der Waals surface area contributed by atoms with Gasteiger partial charge in [-0.3, -0.25) is 19.0 Å². The van der Waals surface area contributed by atoms with Crippen molar-refractivity contribution in [3.05, 3.63) is 55.4 Å².